The van der Waals surface area contributed by atoms with Gasteiger partial charge in [-0.25, -0.2) is 9.48 Å². The summed E-state index contributed by atoms with van der Waals surface area (Å²) in [5.74, 6) is -1.10. The summed E-state index contributed by atoms with van der Waals surface area (Å²) in [6, 6.07) is 0. The number of hydrogen-bond donors (Lipinski definition) is 0. The third-order valence-corrected chi connectivity index (χ3v) is 1.77. The van der Waals surface area contributed by atoms with Gasteiger partial charge in [0, 0.05) is 0 Å². The molecule has 0 aliphatic rings. The summed E-state index contributed by atoms with van der Waals surface area (Å²) < 4.78 is 43.0. The van der Waals surface area contributed by atoms with Crippen LogP contribution in [0.15, 0.2) is 12.7 Å². The highest BCUT2D eigenvalue weighted by molar-refractivity contribution is 5.88. The van der Waals surface area contributed by atoms with Crippen LogP contribution in [0.25, 0.3) is 0 Å². The predicted octanol–water partition coefficient (Wildman–Crippen LogP) is 1.66. The average Bonchev–Trinajstić information content (AvgIpc) is 2.62. The Morgan fingerprint density at radius 2 is 2.24 bits per heavy atom. The van der Waals surface area contributed by atoms with E-state index >= 15 is 0 Å². The molecular formula is C9H10F3N3O2. The summed E-state index contributed by atoms with van der Waals surface area (Å²) in [7, 11) is 0. The van der Waals surface area contributed by atoms with Crippen molar-refractivity contribution in [2.24, 2.45) is 0 Å². The Labute approximate surface area is 94.9 Å². The molecule has 0 amide bonds. The highest BCUT2D eigenvalue weighted by atomic mass is 19.4. The van der Waals surface area contributed by atoms with E-state index in [2.05, 4.69) is 21.6 Å². The number of carbonyl (C=O) groups is 1. The number of hydrogen-bond acceptors (Lipinski definition) is 4. The minimum absolute atomic E-state index is 0.0323. The van der Waals surface area contributed by atoms with E-state index in [1.807, 2.05) is 0 Å². The molecule has 94 valence electrons. The largest absolute Gasteiger partial charge is 0.461 e. The van der Waals surface area contributed by atoms with Crippen LogP contribution in [0.4, 0.5) is 13.2 Å². The second-order valence-electron chi connectivity index (χ2n) is 2.98. The van der Waals surface area contributed by atoms with Gasteiger partial charge in [0.05, 0.1) is 13.2 Å². The lowest BCUT2D eigenvalue weighted by Gasteiger charge is -2.07. The number of esters is 1. The molecule has 0 unspecified atom stereocenters. The molecule has 0 aliphatic heterocycles. The molecular weight excluding hydrogens is 239 g/mol. The molecule has 0 saturated heterocycles. The van der Waals surface area contributed by atoms with E-state index in [1.165, 1.54) is 13.0 Å². The molecule has 0 aliphatic carbocycles. The Balaban J connectivity index is 3.24. The van der Waals surface area contributed by atoms with Crippen LogP contribution in [0, 0.1) is 0 Å². The van der Waals surface area contributed by atoms with Crippen molar-refractivity contribution in [1.82, 2.24) is 15.0 Å². The van der Waals surface area contributed by atoms with Crippen LogP contribution in [-0.4, -0.2) is 27.6 Å². The summed E-state index contributed by atoms with van der Waals surface area (Å²) in [4.78, 5) is 11.4. The summed E-state index contributed by atoms with van der Waals surface area (Å²) in [5.41, 5.74) is -2.06. The lowest BCUT2D eigenvalue weighted by atomic mass is 10.3. The quantitative estimate of drug-likeness (QED) is 0.601. The number of rotatable bonds is 4. The normalized spacial score (nSPS) is 11.3. The van der Waals surface area contributed by atoms with E-state index in [1.54, 1.807) is 0 Å². The van der Waals surface area contributed by atoms with Crippen LogP contribution in [0.3, 0.4) is 0 Å². The second kappa shape index (κ2) is 4.98. The number of allylic oxidation sites excluding steroid dienone is 1. The molecule has 0 fully saturated rings. The van der Waals surface area contributed by atoms with E-state index in [0.29, 0.717) is 0 Å². The van der Waals surface area contributed by atoms with E-state index < -0.39 is 23.5 Å². The van der Waals surface area contributed by atoms with Crippen LogP contribution >= 0.6 is 0 Å². The topological polar surface area (TPSA) is 57.0 Å². The summed E-state index contributed by atoms with van der Waals surface area (Å²) in [6.07, 6.45) is -3.45. The molecule has 1 aromatic rings. The second-order valence-corrected chi connectivity index (χ2v) is 2.98. The van der Waals surface area contributed by atoms with E-state index in [4.69, 9.17) is 0 Å². The third-order valence-electron chi connectivity index (χ3n) is 1.77. The first-order valence-electron chi connectivity index (χ1n) is 4.70. The fourth-order valence-corrected chi connectivity index (χ4v) is 1.16. The predicted molar refractivity (Wildman–Crippen MR) is 51.2 cm³/mol. The van der Waals surface area contributed by atoms with Gasteiger partial charge >= 0.3 is 12.1 Å². The lowest BCUT2D eigenvalue weighted by Crippen LogP contribution is -2.18. The van der Waals surface area contributed by atoms with Crippen molar-refractivity contribution in [3.8, 4) is 0 Å². The standard InChI is InChI=1S/C9H10F3N3O2/c1-3-5-15-6(8(16)17-4-2)7(13-14-15)9(10,11)12/h3H,1,4-5H2,2H3. The molecule has 0 N–H and O–H groups in total. The van der Waals surface area contributed by atoms with E-state index in [-0.39, 0.29) is 13.2 Å². The van der Waals surface area contributed by atoms with Gasteiger partial charge in [0.15, 0.2) is 5.69 Å². The van der Waals surface area contributed by atoms with Crippen molar-refractivity contribution in [3.05, 3.63) is 24.0 Å². The zero-order valence-electron chi connectivity index (χ0n) is 8.99. The monoisotopic (exact) mass is 249 g/mol. The van der Waals surface area contributed by atoms with Crippen molar-refractivity contribution >= 4 is 5.97 Å². The van der Waals surface area contributed by atoms with Crippen molar-refractivity contribution in [2.45, 2.75) is 19.6 Å². The Hall–Kier alpha value is -1.86. The maximum Gasteiger partial charge on any atom is 0.437 e. The van der Waals surface area contributed by atoms with Gasteiger partial charge in [-0.15, -0.1) is 11.7 Å². The van der Waals surface area contributed by atoms with E-state index in [0.717, 1.165) is 4.68 Å². The third kappa shape index (κ3) is 2.83. The lowest BCUT2D eigenvalue weighted by molar-refractivity contribution is -0.141. The first kappa shape index (κ1) is 13.2. The number of halogens is 3. The average molecular weight is 249 g/mol. The van der Waals surface area contributed by atoms with Crippen LogP contribution in [-0.2, 0) is 17.5 Å². The molecule has 0 atom stereocenters. The van der Waals surface area contributed by atoms with Crippen molar-refractivity contribution in [3.63, 3.8) is 0 Å². The number of carbonyl (C=O) groups excluding carboxylic acids is 1. The molecule has 0 spiro atoms. The first-order chi connectivity index (χ1) is 7.91. The molecule has 0 bridgehead atoms. The van der Waals surface area contributed by atoms with Gasteiger partial charge < -0.3 is 4.74 Å². The highest BCUT2D eigenvalue weighted by Gasteiger charge is 2.41. The zero-order valence-corrected chi connectivity index (χ0v) is 8.99. The van der Waals surface area contributed by atoms with E-state index in [9.17, 15) is 18.0 Å². The molecule has 1 heterocycles. The van der Waals surface area contributed by atoms with Gasteiger partial charge in [0.2, 0.25) is 5.69 Å². The molecule has 17 heavy (non-hydrogen) atoms. The van der Waals surface area contributed by atoms with Gasteiger partial charge in [-0.05, 0) is 6.92 Å². The van der Waals surface area contributed by atoms with Gasteiger partial charge in [0.1, 0.15) is 0 Å². The van der Waals surface area contributed by atoms with Gasteiger partial charge in [-0.2, -0.15) is 13.2 Å². The maximum atomic E-state index is 12.6. The van der Waals surface area contributed by atoms with Crippen LogP contribution in [0.5, 0.6) is 0 Å². The molecule has 0 aromatic carbocycles. The van der Waals surface area contributed by atoms with Gasteiger partial charge in [-0.3, -0.25) is 0 Å². The summed E-state index contributed by atoms with van der Waals surface area (Å²) in [6.45, 7) is 4.75. The fraction of sp³-hybridized carbons (Fsp3) is 0.444. The summed E-state index contributed by atoms with van der Waals surface area (Å²) in [5, 5.41) is 6.20. The number of aromatic nitrogens is 3. The minimum atomic E-state index is -4.75. The molecule has 5 nitrogen and oxygen atoms in total. The zero-order chi connectivity index (χ0) is 13.1. The highest BCUT2D eigenvalue weighted by Crippen LogP contribution is 2.30. The van der Waals surface area contributed by atoms with Crippen molar-refractivity contribution in [1.29, 1.82) is 0 Å². The molecule has 0 saturated carbocycles. The summed E-state index contributed by atoms with van der Waals surface area (Å²) >= 11 is 0. The fourth-order valence-electron chi connectivity index (χ4n) is 1.16. The smallest absolute Gasteiger partial charge is 0.437 e. The maximum absolute atomic E-state index is 12.6. The number of ether oxygens (including phenoxy) is 1. The molecule has 8 heteroatoms. The Morgan fingerprint density at radius 1 is 1.59 bits per heavy atom. The Kier molecular flexibility index (Phi) is 3.87. The van der Waals surface area contributed by atoms with Crippen LogP contribution in [0.2, 0.25) is 0 Å². The van der Waals surface area contributed by atoms with Crippen molar-refractivity contribution < 1.29 is 22.7 Å². The minimum Gasteiger partial charge on any atom is -0.461 e. The molecule has 0 radical (unpaired) electrons. The first-order valence-corrected chi connectivity index (χ1v) is 4.70. The molecule has 1 aromatic heterocycles. The van der Waals surface area contributed by atoms with Crippen LogP contribution < -0.4 is 0 Å². The van der Waals surface area contributed by atoms with Crippen molar-refractivity contribution in [2.75, 3.05) is 6.61 Å². The Morgan fingerprint density at radius 3 is 2.71 bits per heavy atom. The molecule has 1 rings (SSSR count). The van der Waals surface area contributed by atoms with Crippen LogP contribution in [0.1, 0.15) is 23.1 Å². The van der Waals surface area contributed by atoms with Gasteiger partial charge in [-0.1, -0.05) is 11.3 Å². The van der Waals surface area contributed by atoms with Gasteiger partial charge in [0.25, 0.3) is 0 Å². The Bertz CT molecular complexity index is 426. The number of nitrogens with zero attached hydrogens (tertiary/aromatic N) is 3. The SMILES string of the molecule is C=CCn1nnc(C(F)(F)F)c1C(=O)OCC. The number of alkyl halides is 3.